The number of nitrogens with zero attached hydrogens (tertiary/aromatic N) is 2. The average molecular weight is 382 g/mol. The predicted octanol–water partition coefficient (Wildman–Crippen LogP) is 3.40. The molecular weight excluding hydrogens is 357 g/mol. The molecule has 0 aliphatic carbocycles. The number of nitrogens with two attached hydrogens (primary N) is 1. The molecule has 0 radical (unpaired) electrons. The van der Waals surface area contributed by atoms with Crippen molar-refractivity contribution in [2.24, 2.45) is 5.73 Å². The summed E-state index contributed by atoms with van der Waals surface area (Å²) < 4.78 is 0. The standard InChI is InChI=1S/C19H23N3O.2ClH/c1-21-11-12-22(14-16-9-5-6-10-18(16)21)19(23)13-17(20)15-7-3-2-4-8-15;;/h2-10,17H,11-14,20H2,1H3;2*1H. The second kappa shape index (κ2) is 9.66. The van der Waals surface area contributed by atoms with Crippen molar-refractivity contribution in [3.05, 3.63) is 65.7 Å². The second-order valence-corrected chi connectivity index (χ2v) is 6.09. The largest absolute Gasteiger partial charge is 0.373 e. The number of hydrogen-bond acceptors (Lipinski definition) is 3. The Morgan fingerprint density at radius 3 is 2.40 bits per heavy atom. The van der Waals surface area contributed by atoms with E-state index in [4.69, 9.17) is 5.73 Å². The number of likely N-dealkylation sites (N-methyl/N-ethyl adjacent to an activating group) is 1. The molecule has 1 aliphatic rings. The summed E-state index contributed by atoms with van der Waals surface area (Å²) in [6.45, 7) is 2.22. The third-order valence-electron chi connectivity index (χ3n) is 4.44. The minimum atomic E-state index is -0.250. The van der Waals surface area contributed by atoms with E-state index in [0.717, 1.165) is 18.7 Å². The normalized spacial score (nSPS) is 14.5. The van der Waals surface area contributed by atoms with Crippen LogP contribution in [0.1, 0.15) is 23.6 Å². The number of benzene rings is 2. The smallest absolute Gasteiger partial charge is 0.224 e. The highest BCUT2D eigenvalue weighted by molar-refractivity contribution is 5.85. The summed E-state index contributed by atoms with van der Waals surface area (Å²) in [7, 11) is 2.07. The molecule has 0 fully saturated rings. The Morgan fingerprint density at radius 2 is 1.68 bits per heavy atom. The molecule has 6 heteroatoms. The zero-order chi connectivity index (χ0) is 16.2. The fraction of sp³-hybridized carbons (Fsp3) is 0.316. The van der Waals surface area contributed by atoms with Crippen LogP contribution in [0.4, 0.5) is 5.69 Å². The number of halogens is 2. The number of carbonyl (C=O) groups excluding carboxylic acids is 1. The summed E-state index contributed by atoms with van der Waals surface area (Å²) >= 11 is 0. The van der Waals surface area contributed by atoms with Crippen LogP contribution < -0.4 is 10.6 Å². The first-order chi connectivity index (χ1) is 11.1. The van der Waals surface area contributed by atoms with Gasteiger partial charge >= 0.3 is 0 Å². The SMILES string of the molecule is CN1CCN(C(=O)CC(N)c2ccccc2)Cc2ccccc21.Cl.Cl. The summed E-state index contributed by atoms with van der Waals surface area (Å²) in [5.74, 6) is 0.117. The number of rotatable bonds is 3. The quantitative estimate of drug-likeness (QED) is 0.885. The Labute approximate surface area is 161 Å². The number of hydrogen-bond donors (Lipinski definition) is 1. The van der Waals surface area contributed by atoms with E-state index in [9.17, 15) is 4.79 Å². The van der Waals surface area contributed by atoms with E-state index >= 15 is 0 Å². The Kier molecular flexibility index (Phi) is 8.23. The summed E-state index contributed by atoms with van der Waals surface area (Å²) in [5, 5.41) is 0. The van der Waals surface area contributed by atoms with Gasteiger partial charge in [0, 0.05) is 44.8 Å². The molecule has 0 bridgehead atoms. The van der Waals surface area contributed by atoms with Gasteiger partial charge in [-0.15, -0.1) is 24.8 Å². The third-order valence-corrected chi connectivity index (χ3v) is 4.44. The van der Waals surface area contributed by atoms with Crippen molar-refractivity contribution in [1.82, 2.24) is 4.90 Å². The number of para-hydroxylation sites is 1. The molecule has 1 aliphatic heterocycles. The van der Waals surface area contributed by atoms with Gasteiger partial charge in [0.15, 0.2) is 0 Å². The number of fused-ring (bicyclic) bond motifs is 1. The molecule has 0 aromatic heterocycles. The summed E-state index contributed by atoms with van der Waals surface area (Å²) in [5.41, 5.74) is 9.61. The van der Waals surface area contributed by atoms with Gasteiger partial charge in [0.2, 0.25) is 5.91 Å². The molecular formula is C19H25Cl2N3O. The molecule has 1 atom stereocenters. The molecule has 2 aromatic carbocycles. The number of amides is 1. The zero-order valence-corrected chi connectivity index (χ0v) is 15.9. The highest BCUT2D eigenvalue weighted by Gasteiger charge is 2.22. The van der Waals surface area contributed by atoms with Crippen LogP contribution in [-0.4, -0.2) is 30.9 Å². The Hall–Kier alpha value is -1.75. The fourth-order valence-electron chi connectivity index (χ4n) is 3.04. The van der Waals surface area contributed by atoms with E-state index in [2.05, 4.69) is 24.1 Å². The van der Waals surface area contributed by atoms with Crippen LogP contribution in [0.3, 0.4) is 0 Å². The van der Waals surface area contributed by atoms with Crippen molar-refractivity contribution >= 4 is 36.4 Å². The molecule has 25 heavy (non-hydrogen) atoms. The van der Waals surface area contributed by atoms with Crippen molar-refractivity contribution < 1.29 is 4.79 Å². The maximum absolute atomic E-state index is 12.7. The van der Waals surface area contributed by atoms with Crippen molar-refractivity contribution in [1.29, 1.82) is 0 Å². The molecule has 3 rings (SSSR count). The first-order valence-electron chi connectivity index (χ1n) is 8.02. The van der Waals surface area contributed by atoms with E-state index in [0.29, 0.717) is 13.0 Å². The molecule has 136 valence electrons. The molecule has 2 N–H and O–H groups in total. The molecule has 0 saturated carbocycles. The third kappa shape index (κ3) is 5.11. The van der Waals surface area contributed by atoms with Crippen LogP contribution in [0, 0.1) is 0 Å². The minimum absolute atomic E-state index is 0. The average Bonchev–Trinajstić information content (AvgIpc) is 2.75. The van der Waals surface area contributed by atoms with E-state index < -0.39 is 0 Å². The highest BCUT2D eigenvalue weighted by Crippen LogP contribution is 2.24. The van der Waals surface area contributed by atoms with Crippen LogP contribution in [0.2, 0.25) is 0 Å². The first-order valence-corrected chi connectivity index (χ1v) is 8.02. The van der Waals surface area contributed by atoms with Crippen molar-refractivity contribution in [3.8, 4) is 0 Å². The molecule has 4 nitrogen and oxygen atoms in total. The molecule has 1 unspecified atom stereocenters. The maximum atomic E-state index is 12.7. The van der Waals surface area contributed by atoms with E-state index in [1.807, 2.05) is 47.4 Å². The van der Waals surface area contributed by atoms with Gasteiger partial charge in [0.25, 0.3) is 0 Å². The lowest BCUT2D eigenvalue weighted by Crippen LogP contribution is -2.35. The summed E-state index contributed by atoms with van der Waals surface area (Å²) in [6.07, 6.45) is 0.343. The topological polar surface area (TPSA) is 49.6 Å². The number of carbonyl (C=O) groups is 1. The van der Waals surface area contributed by atoms with Gasteiger partial charge in [0.05, 0.1) is 0 Å². The van der Waals surface area contributed by atoms with Crippen molar-refractivity contribution in [2.75, 3.05) is 25.0 Å². The maximum Gasteiger partial charge on any atom is 0.224 e. The second-order valence-electron chi connectivity index (χ2n) is 6.09. The minimum Gasteiger partial charge on any atom is -0.373 e. The van der Waals surface area contributed by atoms with Gasteiger partial charge in [-0.2, -0.15) is 0 Å². The van der Waals surface area contributed by atoms with Crippen LogP contribution >= 0.6 is 24.8 Å². The molecule has 1 amide bonds. The molecule has 1 heterocycles. The van der Waals surface area contributed by atoms with Crippen molar-refractivity contribution in [2.45, 2.75) is 19.0 Å². The summed E-state index contributed by atoms with van der Waals surface area (Å²) in [6, 6.07) is 17.8. The van der Waals surface area contributed by atoms with Gasteiger partial charge in [-0.3, -0.25) is 4.79 Å². The first kappa shape index (κ1) is 21.3. The van der Waals surface area contributed by atoms with Crippen LogP contribution in [-0.2, 0) is 11.3 Å². The lowest BCUT2D eigenvalue weighted by molar-refractivity contribution is -0.132. The lowest BCUT2D eigenvalue weighted by Gasteiger charge is -2.23. The van der Waals surface area contributed by atoms with Crippen molar-refractivity contribution in [3.63, 3.8) is 0 Å². The molecule has 0 saturated heterocycles. The zero-order valence-electron chi connectivity index (χ0n) is 14.3. The van der Waals surface area contributed by atoms with E-state index in [1.54, 1.807) is 0 Å². The summed E-state index contributed by atoms with van der Waals surface area (Å²) in [4.78, 5) is 16.8. The van der Waals surface area contributed by atoms with Gasteiger partial charge in [-0.1, -0.05) is 48.5 Å². The van der Waals surface area contributed by atoms with Crippen LogP contribution in [0.15, 0.2) is 54.6 Å². The van der Waals surface area contributed by atoms with Gasteiger partial charge in [0.1, 0.15) is 0 Å². The van der Waals surface area contributed by atoms with Gasteiger partial charge in [-0.25, -0.2) is 0 Å². The Morgan fingerprint density at radius 1 is 1.04 bits per heavy atom. The van der Waals surface area contributed by atoms with Gasteiger partial charge < -0.3 is 15.5 Å². The van der Waals surface area contributed by atoms with E-state index in [1.165, 1.54) is 11.3 Å². The Bertz CT molecular complexity index is 681. The van der Waals surface area contributed by atoms with Gasteiger partial charge in [-0.05, 0) is 17.2 Å². The highest BCUT2D eigenvalue weighted by atomic mass is 35.5. The Balaban J connectivity index is 0.00000156. The van der Waals surface area contributed by atoms with Crippen LogP contribution in [0.5, 0.6) is 0 Å². The van der Waals surface area contributed by atoms with Crippen LogP contribution in [0.25, 0.3) is 0 Å². The monoisotopic (exact) mass is 381 g/mol. The molecule has 0 spiro atoms. The predicted molar refractivity (Wildman–Crippen MR) is 108 cm³/mol. The number of anilines is 1. The lowest BCUT2D eigenvalue weighted by atomic mass is 10.0. The fourth-order valence-corrected chi connectivity index (χ4v) is 3.04. The molecule has 2 aromatic rings. The van der Waals surface area contributed by atoms with E-state index in [-0.39, 0.29) is 36.8 Å².